The molecular formula is C21H26N2O4S. The zero-order valence-electron chi connectivity index (χ0n) is 16.4. The maximum atomic E-state index is 12.6. The van der Waals surface area contributed by atoms with E-state index in [1.165, 1.54) is 0 Å². The smallest absolute Gasteiger partial charge is 0.261 e. The van der Waals surface area contributed by atoms with Gasteiger partial charge in [0.25, 0.3) is 5.91 Å². The lowest BCUT2D eigenvalue weighted by Crippen LogP contribution is -2.34. The Morgan fingerprint density at radius 2 is 1.89 bits per heavy atom. The first-order valence-corrected chi connectivity index (χ1v) is 9.59. The standard InChI is InChI=1S/C21H26N2O4S/c1-4-25-12-13-26-17-9-7-8-16(14-17)22-21(28)23-20(24)18-10-5-6-11-19(18)27-15(2)3/h5-11,14-15H,4,12-13H2,1-3H3,(H2,22,23,24,28). The van der Waals surface area contributed by atoms with E-state index in [9.17, 15) is 4.79 Å². The lowest BCUT2D eigenvalue weighted by Gasteiger charge is -2.15. The SMILES string of the molecule is CCOCCOc1cccc(NC(=S)NC(=O)c2ccccc2OC(C)C)c1. The topological polar surface area (TPSA) is 68.8 Å². The van der Waals surface area contributed by atoms with Gasteiger partial charge in [-0.15, -0.1) is 0 Å². The molecule has 0 unspecified atom stereocenters. The number of benzene rings is 2. The Labute approximate surface area is 171 Å². The second-order valence-electron chi connectivity index (χ2n) is 6.14. The number of rotatable bonds is 9. The van der Waals surface area contributed by atoms with E-state index >= 15 is 0 Å². The molecule has 0 heterocycles. The Hall–Kier alpha value is -2.64. The summed E-state index contributed by atoms with van der Waals surface area (Å²) >= 11 is 5.26. The molecule has 0 aliphatic rings. The van der Waals surface area contributed by atoms with Crippen LogP contribution < -0.4 is 20.1 Å². The molecule has 0 bridgehead atoms. The van der Waals surface area contributed by atoms with Gasteiger partial charge in [-0.05, 0) is 57.3 Å². The molecular weight excluding hydrogens is 376 g/mol. The zero-order chi connectivity index (χ0) is 20.4. The highest BCUT2D eigenvalue weighted by atomic mass is 32.1. The van der Waals surface area contributed by atoms with Crippen LogP contribution in [0.15, 0.2) is 48.5 Å². The fourth-order valence-electron chi connectivity index (χ4n) is 2.37. The first-order valence-electron chi connectivity index (χ1n) is 9.18. The van der Waals surface area contributed by atoms with E-state index in [4.69, 9.17) is 26.4 Å². The number of carbonyl (C=O) groups is 1. The van der Waals surface area contributed by atoms with Gasteiger partial charge in [0.1, 0.15) is 18.1 Å². The number of anilines is 1. The molecule has 0 radical (unpaired) electrons. The van der Waals surface area contributed by atoms with E-state index in [1.54, 1.807) is 24.3 Å². The number of para-hydroxylation sites is 1. The van der Waals surface area contributed by atoms with E-state index in [1.807, 2.05) is 45.0 Å². The first-order chi connectivity index (χ1) is 13.5. The van der Waals surface area contributed by atoms with Crippen molar-refractivity contribution in [1.82, 2.24) is 5.32 Å². The van der Waals surface area contributed by atoms with Gasteiger partial charge in [0.2, 0.25) is 0 Å². The maximum absolute atomic E-state index is 12.6. The molecule has 2 rings (SSSR count). The van der Waals surface area contributed by atoms with Crippen LogP contribution in [0.3, 0.4) is 0 Å². The van der Waals surface area contributed by atoms with E-state index < -0.39 is 0 Å². The largest absolute Gasteiger partial charge is 0.491 e. The van der Waals surface area contributed by atoms with Gasteiger partial charge in [-0.2, -0.15) is 0 Å². The Kier molecular flexibility index (Phi) is 8.71. The predicted octanol–water partition coefficient (Wildman–Crippen LogP) is 4.02. The molecule has 0 saturated heterocycles. The van der Waals surface area contributed by atoms with Gasteiger partial charge in [-0.3, -0.25) is 10.1 Å². The number of nitrogens with one attached hydrogen (secondary N) is 2. The van der Waals surface area contributed by atoms with E-state index in [0.717, 1.165) is 0 Å². The summed E-state index contributed by atoms with van der Waals surface area (Å²) in [6.45, 7) is 7.40. The minimum atomic E-state index is -0.335. The van der Waals surface area contributed by atoms with E-state index in [-0.39, 0.29) is 17.1 Å². The molecule has 2 aromatic carbocycles. The van der Waals surface area contributed by atoms with Crippen molar-refractivity contribution in [3.8, 4) is 11.5 Å². The number of hydrogen-bond donors (Lipinski definition) is 2. The molecule has 0 spiro atoms. The predicted molar refractivity (Wildman–Crippen MR) is 114 cm³/mol. The van der Waals surface area contributed by atoms with E-state index in [0.29, 0.717) is 42.6 Å². The minimum absolute atomic E-state index is 0.0375. The summed E-state index contributed by atoms with van der Waals surface area (Å²) < 4.78 is 16.6. The third-order valence-electron chi connectivity index (χ3n) is 3.51. The van der Waals surface area contributed by atoms with Gasteiger partial charge in [0.05, 0.1) is 18.3 Å². The second-order valence-corrected chi connectivity index (χ2v) is 6.55. The Bertz CT molecular complexity index is 795. The summed E-state index contributed by atoms with van der Waals surface area (Å²) in [5, 5.41) is 5.86. The number of hydrogen-bond acceptors (Lipinski definition) is 5. The van der Waals surface area contributed by atoms with Crippen molar-refractivity contribution in [2.24, 2.45) is 0 Å². The van der Waals surface area contributed by atoms with Gasteiger partial charge < -0.3 is 19.5 Å². The molecule has 2 N–H and O–H groups in total. The van der Waals surface area contributed by atoms with Crippen LogP contribution in [0.5, 0.6) is 11.5 Å². The summed E-state index contributed by atoms with van der Waals surface area (Å²) in [5.74, 6) is 0.870. The highest BCUT2D eigenvalue weighted by molar-refractivity contribution is 7.80. The van der Waals surface area contributed by atoms with Crippen molar-refractivity contribution in [3.05, 3.63) is 54.1 Å². The number of carbonyl (C=O) groups excluding carboxylic acids is 1. The van der Waals surface area contributed by atoms with Crippen LogP contribution in [-0.4, -0.2) is 36.9 Å². The third-order valence-corrected chi connectivity index (χ3v) is 3.72. The Morgan fingerprint density at radius 1 is 1.11 bits per heavy atom. The lowest BCUT2D eigenvalue weighted by molar-refractivity contribution is 0.0972. The van der Waals surface area contributed by atoms with Crippen molar-refractivity contribution in [1.29, 1.82) is 0 Å². The summed E-state index contributed by atoms with van der Waals surface area (Å²) in [7, 11) is 0. The summed E-state index contributed by atoms with van der Waals surface area (Å²) in [6, 6.07) is 14.4. The summed E-state index contributed by atoms with van der Waals surface area (Å²) in [5.41, 5.74) is 1.14. The lowest BCUT2D eigenvalue weighted by atomic mass is 10.2. The normalized spacial score (nSPS) is 10.4. The average molecular weight is 403 g/mol. The molecule has 0 atom stereocenters. The summed E-state index contributed by atoms with van der Waals surface area (Å²) in [6.07, 6.45) is -0.0375. The van der Waals surface area contributed by atoms with Crippen LogP contribution >= 0.6 is 12.2 Å². The maximum Gasteiger partial charge on any atom is 0.261 e. The molecule has 0 saturated carbocycles. The average Bonchev–Trinajstić information content (AvgIpc) is 2.65. The minimum Gasteiger partial charge on any atom is -0.491 e. The molecule has 0 fully saturated rings. The van der Waals surface area contributed by atoms with Crippen LogP contribution in [-0.2, 0) is 4.74 Å². The summed E-state index contributed by atoms with van der Waals surface area (Å²) in [4.78, 5) is 12.6. The molecule has 0 aliphatic heterocycles. The first kappa shape index (κ1) is 21.7. The number of ether oxygens (including phenoxy) is 3. The highest BCUT2D eigenvalue weighted by Gasteiger charge is 2.14. The van der Waals surface area contributed by atoms with Crippen LogP contribution in [0.25, 0.3) is 0 Å². The van der Waals surface area contributed by atoms with Crippen molar-refractivity contribution in [2.75, 3.05) is 25.1 Å². The van der Waals surface area contributed by atoms with Gasteiger partial charge in [-0.25, -0.2) is 0 Å². The quantitative estimate of drug-likeness (QED) is 0.488. The van der Waals surface area contributed by atoms with Crippen molar-refractivity contribution >= 4 is 28.9 Å². The molecule has 1 amide bonds. The van der Waals surface area contributed by atoms with Crippen LogP contribution in [0, 0.1) is 0 Å². The molecule has 6 nitrogen and oxygen atoms in total. The second kappa shape index (κ2) is 11.3. The Balaban J connectivity index is 1.94. The number of thiocarbonyl (C=S) groups is 1. The van der Waals surface area contributed by atoms with Crippen molar-refractivity contribution in [2.45, 2.75) is 26.9 Å². The fraction of sp³-hybridized carbons (Fsp3) is 0.333. The van der Waals surface area contributed by atoms with Crippen LogP contribution in [0.1, 0.15) is 31.1 Å². The van der Waals surface area contributed by atoms with Gasteiger partial charge >= 0.3 is 0 Å². The van der Waals surface area contributed by atoms with Crippen LogP contribution in [0.4, 0.5) is 5.69 Å². The molecule has 0 aliphatic carbocycles. The van der Waals surface area contributed by atoms with E-state index in [2.05, 4.69) is 10.6 Å². The molecule has 28 heavy (non-hydrogen) atoms. The molecule has 150 valence electrons. The molecule has 2 aromatic rings. The third kappa shape index (κ3) is 7.17. The molecule has 7 heteroatoms. The fourth-order valence-corrected chi connectivity index (χ4v) is 2.58. The molecule has 0 aromatic heterocycles. The van der Waals surface area contributed by atoms with Gasteiger partial charge in [-0.1, -0.05) is 18.2 Å². The van der Waals surface area contributed by atoms with Gasteiger partial charge in [0.15, 0.2) is 5.11 Å². The van der Waals surface area contributed by atoms with Gasteiger partial charge in [0, 0.05) is 18.4 Å². The zero-order valence-corrected chi connectivity index (χ0v) is 17.2. The van der Waals surface area contributed by atoms with Crippen LogP contribution in [0.2, 0.25) is 0 Å². The van der Waals surface area contributed by atoms with Crippen molar-refractivity contribution in [3.63, 3.8) is 0 Å². The number of amides is 1. The monoisotopic (exact) mass is 402 g/mol. The highest BCUT2D eigenvalue weighted by Crippen LogP contribution is 2.20. The Morgan fingerprint density at radius 3 is 2.64 bits per heavy atom. The van der Waals surface area contributed by atoms with Crippen molar-refractivity contribution < 1.29 is 19.0 Å².